The average molecular weight is 214 g/mol. The highest BCUT2D eigenvalue weighted by molar-refractivity contribution is 4.92. The van der Waals surface area contributed by atoms with Gasteiger partial charge in [-0.3, -0.25) is 0 Å². The van der Waals surface area contributed by atoms with E-state index in [0.29, 0.717) is 5.92 Å². The molecule has 1 aliphatic rings. The third-order valence-corrected chi connectivity index (χ3v) is 4.13. The third-order valence-electron chi connectivity index (χ3n) is 4.13. The molecule has 0 aliphatic heterocycles. The lowest BCUT2D eigenvalue weighted by atomic mass is 9.82. The molecule has 0 amide bonds. The van der Waals surface area contributed by atoms with E-state index in [0.717, 1.165) is 25.7 Å². The summed E-state index contributed by atoms with van der Waals surface area (Å²) in [6.45, 7) is 6.36. The van der Waals surface area contributed by atoms with Gasteiger partial charge in [-0.25, -0.2) is 0 Å². The molecule has 0 spiro atoms. The van der Waals surface area contributed by atoms with Gasteiger partial charge in [0.1, 0.15) is 0 Å². The minimum Gasteiger partial charge on any atom is -0.390 e. The van der Waals surface area contributed by atoms with Gasteiger partial charge in [0.05, 0.1) is 11.2 Å². The molecule has 0 aromatic heterocycles. The summed E-state index contributed by atoms with van der Waals surface area (Å²) in [4.78, 5) is 0. The van der Waals surface area contributed by atoms with Crippen LogP contribution >= 0.6 is 0 Å². The van der Waals surface area contributed by atoms with E-state index in [2.05, 4.69) is 20.8 Å². The molecule has 15 heavy (non-hydrogen) atoms. The van der Waals surface area contributed by atoms with Crippen LogP contribution in [-0.2, 0) is 4.74 Å². The average Bonchev–Trinajstić information content (AvgIpc) is 2.58. The van der Waals surface area contributed by atoms with Crippen molar-refractivity contribution in [1.29, 1.82) is 0 Å². The molecule has 0 aromatic carbocycles. The summed E-state index contributed by atoms with van der Waals surface area (Å²) in [5.74, 6) is 0.505. The van der Waals surface area contributed by atoms with Gasteiger partial charge in [-0.05, 0) is 45.4 Å². The van der Waals surface area contributed by atoms with Crippen LogP contribution in [0.2, 0.25) is 0 Å². The molecule has 2 atom stereocenters. The monoisotopic (exact) mass is 214 g/mol. The van der Waals surface area contributed by atoms with Crippen molar-refractivity contribution >= 4 is 0 Å². The predicted octanol–water partition coefficient (Wildman–Crippen LogP) is 3.13. The summed E-state index contributed by atoms with van der Waals surface area (Å²) < 4.78 is 5.40. The zero-order valence-corrected chi connectivity index (χ0v) is 10.7. The van der Waals surface area contributed by atoms with Crippen LogP contribution in [0.25, 0.3) is 0 Å². The van der Waals surface area contributed by atoms with Crippen LogP contribution in [0, 0.1) is 5.92 Å². The Hall–Kier alpha value is -0.0800. The molecule has 0 saturated heterocycles. The Balaban J connectivity index is 2.49. The minimum atomic E-state index is -0.412. The van der Waals surface area contributed by atoms with Crippen LogP contribution in [0.1, 0.15) is 59.3 Å². The van der Waals surface area contributed by atoms with Crippen LogP contribution in [-0.4, -0.2) is 23.4 Å². The lowest BCUT2D eigenvalue weighted by molar-refractivity contribution is -0.0447. The Labute approximate surface area is 94.0 Å². The summed E-state index contributed by atoms with van der Waals surface area (Å²) in [6.07, 6.45) is 6.28. The van der Waals surface area contributed by atoms with Gasteiger partial charge in [0.2, 0.25) is 0 Å². The molecule has 2 nitrogen and oxygen atoms in total. The van der Waals surface area contributed by atoms with E-state index < -0.39 is 5.60 Å². The second-order valence-electron chi connectivity index (χ2n) is 5.56. The number of rotatable bonds is 5. The molecule has 1 N–H and O–H groups in total. The maximum atomic E-state index is 10.6. The molecule has 90 valence electrons. The van der Waals surface area contributed by atoms with Crippen LogP contribution in [0.3, 0.4) is 0 Å². The summed E-state index contributed by atoms with van der Waals surface area (Å²) in [6, 6.07) is 0. The normalized spacial score (nSPS) is 32.2. The summed E-state index contributed by atoms with van der Waals surface area (Å²) in [7, 11) is 1.75. The Bertz CT molecular complexity index is 201. The molecule has 1 saturated carbocycles. The van der Waals surface area contributed by atoms with Gasteiger partial charge in [-0.15, -0.1) is 0 Å². The van der Waals surface area contributed by atoms with E-state index in [4.69, 9.17) is 4.74 Å². The first-order valence-electron chi connectivity index (χ1n) is 6.21. The standard InChI is InChI=1S/C13H26O2/c1-5-11-7-6-8-13(11,14)10-9-12(2,3)15-4/h11,14H,5-10H2,1-4H3. The van der Waals surface area contributed by atoms with Gasteiger partial charge in [0, 0.05) is 7.11 Å². The van der Waals surface area contributed by atoms with Crippen LogP contribution in [0.5, 0.6) is 0 Å². The minimum absolute atomic E-state index is 0.101. The maximum Gasteiger partial charge on any atom is 0.0676 e. The van der Waals surface area contributed by atoms with Crippen LogP contribution in [0.15, 0.2) is 0 Å². The van der Waals surface area contributed by atoms with Gasteiger partial charge in [0.15, 0.2) is 0 Å². The van der Waals surface area contributed by atoms with Gasteiger partial charge < -0.3 is 9.84 Å². The highest BCUT2D eigenvalue weighted by atomic mass is 16.5. The van der Waals surface area contributed by atoms with Gasteiger partial charge in [-0.2, -0.15) is 0 Å². The third kappa shape index (κ3) is 3.18. The molecule has 0 heterocycles. The fourth-order valence-corrected chi connectivity index (χ4v) is 2.66. The first-order chi connectivity index (χ1) is 6.93. The van der Waals surface area contributed by atoms with E-state index in [1.165, 1.54) is 12.8 Å². The molecule has 2 heteroatoms. The van der Waals surface area contributed by atoms with E-state index in [1.54, 1.807) is 7.11 Å². The summed E-state index contributed by atoms with van der Waals surface area (Å²) in [5, 5.41) is 10.6. The SMILES string of the molecule is CCC1CCCC1(O)CCC(C)(C)OC. The van der Waals surface area contributed by atoms with Gasteiger partial charge in [-0.1, -0.05) is 19.8 Å². The van der Waals surface area contributed by atoms with Crippen LogP contribution in [0.4, 0.5) is 0 Å². The lowest BCUT2D eigenvalue weighted by Gasteiger charge is -2.33. The van der Waals surface area contributed by atoms with Gasteiger partial charge >= 0.3 is 0 Å². The van der Waals surface area contributed by atoms with E-state index in [9.17, 15) is 5.11 Å². The largest absolute Gasteiger partial charge is 0.390 e. The van der Waals surface area contributed by atoms with Crippen molar-refractivity contribution in [3.63, 3.8) is 0 Å². The lowest BCUT2D eigenvalue weighted by Crippen LogP contribution is -2.36. The number of aliphatic hydroxyl groups is 1. The Morgan fingerprint density at radius 1 is 1.47 bits per heavy atom. The molecule has 0 aromatic rings. The molecular formula is C13H26O2. The second-order valence-corrected chi connectivity index (χ2v) is 5.56. The number of hydrogen-bond acceptors (Lipinski definition) is 2. The summed E-state index contributed by atoms with van der Waals surface area (Å²) >= 11 is 0. The number of hydrogen-bond donors (Lipinski definition) is 1. The van der Waals surface area contributed by atoms with Crippen molar-refractivity contribution in [2.75, 3.05) is 7.11 Å². The first-order valence-corrected chi connectivity index (χ1v) is 6.21. The number of ether oxygens (including phenoxy) is 1. The maximum absolute atomic E-state index is 10.6. The van der Waals surface area contributed by atoms with Crippen molar-refractivity contribution in [3.8, 4) is 0 Å². The Morgan fingerprint density at radius 2 is 2.13 bits per heavy atom. The van der Waals surface area contributed by atoms with E-state index >= 15 is 0 Å². The quantitative estimate of drug-likeness (QED) is 0.762. The smallest absolute Gasteiger partial charge is 0.0676 e. The molecule has 0 bridgehead atoms. The van der Waals surface area contributed by atoms with Crippen molar-refractivity contribution < 1.29 is 9.84 Å². The summed E-state index contributed by atoms with van der Waals surface area (Å²) in [5.41, 5.74) is -0.513. The number of methoxy groups -OCH3 is 1. The fraction of sp³-hybridized carbons (Fsp3) is 1.00. The Morgan fingerprint density at radius 3 is 2.67 bits per heavy atom. The zero-order chi connectivity index (χ0) is 11.5. The first kappa shape index (κ1) is 13.0. The molecular weight excluding hydrogens is 188 g/mol. The zero-order valence-electron chi connectivity index (χ0n) is 10.7. The molecule has 2 unspecified atom stereocenters. The van der Waals surface area contributed by atoms with Gasteiger partial charge in [0.25, 0.3) is 0 Å². The van der Waals surface area contributed by atoms with E-state index in [-0.39, 0.29) is 5.60 Å². The fourth-order valence-electron chi connectivity index (χ4n) is 2.66. The van der Waals surface area contributed by atoms with Crippen LogP contribution < -0.4 is 0 Å². The molecule has 1 fully saturated rings. The molecule has 1 aliphatic carbocycles. The van der Waals surface area contributed by atoms with Crippen molar-refractivity contribution in [2.24, 2.45) is 5.92 Å². The highest BCUT2D eigenvalue weighted by Crippen LogP contribution is 2.41. The van der Waals surface area contributed by atoms with Crippen molar-refractivity contribution in [3.05, 3.63) is 0 Å². The topological polar surface area (TPSA) is 29.5 Å². The highest BCUT2D eigenvalue weighted by Gasteiger charge is 2.40. The van der Waals surface area contributed by atoms with Crippen molar-refractivity contribution in [2.45, 2.75) is 70.5 Å². The Kier molecular flexibility index (Phi) is 4.19. The molecule has 1 rings (SSSR count). The molecule has 0 radical (unpaired) electrons. The van der Waals surface area contributed by atoms with Crippen molar-refractivity contribution in [1.82, 2.24) is 0 Å². The van der Waals surface area contributed by atoms with E-state index in [1.807, 2.05) is 0 Å². The second kappa shape index (κ2) is 4.84. The predicted molar refractivity (Wildman–Crippen MR) is 62.9 cm³/mol.